The Kier molecular flexibility index (Phi) is 12.2. The second kappa shape index (κ2) is 11.2. The molecule has 0 aromatic rings. The molecule has 0 bridgehead atoms. The molecular weight excluding hydrogens is 349 g/mol. The van der Waals surface area contributed by atoms with E-state index in [1.54, 1.807) is 14.2 Å². The summed E-state index contributed by atoms with van der Waals surface area (Å²) in [6, 6.07) is 0. The van der Waals surface area contributed by atoms with Crippen LogP contribution in [0.25, 0.3) is 0 Å². The molecule has 0 amide bonds. The Morgan fingerprint density at radius 2 is 1.22 bits per heavy atom. The summed E-state index contributed by atoms with van der Waals surface area (Å²) in [6.45, 7) is 3.84. The minimum Gasteiger partial charge on any atom is -0.400 e. The molecule has 10 heteroatoms. The SMILES string of the molecule is CCCCCCCC(F)(F)C(F)(F)C(F)(F)F.CO[SiH](C)OC. The summed E-state index contributed by atoms with van der Waals surface area (Å²) in [6.07, 6.45) is -5.61. The van der Waals surface area contributed by atoms with Gasteiger partial charge in [0.15, 0.2) is 0 Å². The summed E-state index contributed by atoms with van der Waals surface area (Å²) in [5, 5.41) is 0. The Bertz CT molecular complexity index is 295. The molecule has 0 radical (unpaired) electrons. The zero-order valence-electron chi connectivity index (χ0n) is 13.8. The van der Waals surface area contributed by atoms with E-state index in [0.717, 1.165) is 12.8 Å². The lowest BCUT2D eigenvalue weighted by atomic mass is 10.0. The van der Waals surface area contributed by atoms with E-state index in [-0.39, 0.29) is 12.8 Å². The molecule has 0 atom stereocenters. The molecule has 0 aromatic carbocycles. The van der Waals surface area contributed by atoms with Crippen molar-refractivity contribution in [1.82, 2.24) is 0 Å². The van der Waals surface area contributed by atoms with Crippen LogP contribution in [0.1, 0.15) is 45.4 Å². The maximum Gasteiger partial charge on any atom is 0.459 e. The van der Waals surface area contributed by atoms with Crippen molar-refractivity contribution in [3.63, 3.8) is 0 Å². The van der Waals surface area contributed by atoms with E-state index in [1.807, 2.05) is 13.5 Å². The molecule has 0 aromatic heterocycles. The van der Waals surface area contributed by atoms with E-state index >= 15 is 0 Å². The minimum absolute atomic E-state index is 0.233. The van der Waals surface area contributed by atoms with Gasteiger partial charge < -0.3 is 8.85 Å². The Morgan fingerprint density at radius 3 is 1.52 bits per heavy atom. The summed E-state index contributed by atoms with van der Waals surface area (Å²) in [5.74, 6) is -11.0. The van der Waals surface area contributed by atoms with Crippen LogP contribution < -0.4 is 0 Å². The Hall–Kier alpha value is -0.353. The zero-order chi connectivity index (χ0) is 18.7. The first kappa shape index (κ1) is 24.9. The Labute approximate surface area is 134 Å². The molecule has 0 fully saturated rings. The fourth-order valence-electron chi connectivity index (χ4n) is 1.41. The number of hydrogen-bond acceptors (Lipinski definition) is 2. The number of rotatable bonds is 9. The highest BCUT2D eigenvalue weighted by Crippen LogP contribution is 2.48. The average Bonchev–Trinajstić information content (AvgIpc) is 2.45. The van der Waals surface area contributed by atoms with Gasteiger partial charge in [0, 0.05) is 20.6 Å². The molecule has 23 heavy (non-hydrogen) atoms. The predicted molar refractivity (Wildman–Crippen MR) is 76.4 cm³/mol. The van der Waals surface area contributed by atoms with Gasteiger partial charge in [-0.1, -0.05) is 32.6 Å². The van der Waals surface area contributed by atoms with Gasteiger partial charge in [-0.3, -0.25) is 0 Å². The average molecular weight is 374 g/mol. The van der Waals surface area contributed by atoms with E-state index in [2.05, 4.69) is 0 Å². The predicted octanol–water partition coefficient (Wildman–Crippen LogP) is 5.31. The van der Waals surface area contributed by atoms with Gasteiger partial charge in [-0.25, -0.2) is 0 Å². The summed E-state index contributed by atoms with van der Waals surface area (Å²) in [4.78, 5) is 0. The van der Waals surface area contributed by atoms with Gasteiger partial charge in [-0.2, -0.15) is 30.7 Å². The van der Waals surface area contributed by atoms with E-state index in [9.17, 15) is 30.7 Å². The molecule has 0 saturated carbocycles. The van der Waals surface area contributed by atoms with Crippen molar-refractivity contribution < 1.29 is 39.6 Å². The highest BCUT2D eigenvalue weighted by Gasteiger charge is 2.72. The second-order valence-corrected chi connectivity index (χ2v) is 7.06. The summed E-state index contributed by atoms with van der Waals surface area (Å²) in [5.41, 5.74) is 0. The number of hydrogen-bond donors (Lipinski definition) is 0. The first-order chi connectivity index (χ1) is 10.4. The maximum atomic E-state index is 12.7. The maximum absolute atomic E-state index is 12.7. The number of alkyl halides is 7. The fraction of sp³-hybridized carbons (Fsp3) is 1.00. The van der Waals surface area contributed by atoms with Gasteiger partial charge in [0.25, 0.3) is 0 Å². The standard InChI is InChI=1S/C10H15F7.C3H10O2Si/c1-2-3-4-5-6-7-8(11,12)9(13,14)10(15,16)17;1-4-6(3)5-2/h2-7H2,1H3;6H,1-3H3. The van der Waals surface area contributed by atoms with E-state index in [0.29, 0.717) is 6.42 Å². The zero-order valence-corrected chi connectivity index (χ0v) is 14.9. The van der Waals surface area contributed by atoms with Gasteiger partial charge in [0.05, 0.1) is 0 Å². The van der Waals surface area contributed by atoms with Crippen LogP contribution in [0.15, 0.2) is 0 Å². The van der Waals surface area contributed by atoms with Gasteiger partial charge in [-0.15, -0.1) is 0 Å². The van der Waals surface area contributed by atoms with Crippen LogP contribution in [0.2, 0.25) is 6.55 Å². The van der Waals surface area contributed by atoms with E-state index < -0.39 is 33.7 Å². The Morgan fingerprint density at radius 1 is 0.783 bits per heavy atom. The van der Waals surface area contributed by atoms with Gasteiger partial charge in [-0.05, 0) is 13.0 Å². The normalized spacial score (nSPS) is 13.0. The Balaban J connectivity index is 0. The molecule has 0 aliphatic carbocycles. The first-order valence-electron chi connectivity index (χ1n) is 7.25. The molecule has 0 heterocycles. The third-order valence-electron chi connectivity index (χ3n) is 3.07. The molecule has 0 aliphatic rings. The molecule has 0 aliphatic heterocycles. The molecule has 2 nitrogen and oxygen atoms in total. The lowest BCUT2D eigenvalue weighted by molar-refractivity contribution is -0.355. The van der Waals surface area contributed by atoms with Crippen LogP contribution in [0.5, 0.6) is 0 Å². The molecule has 0 N–H and O–H groups in total. The third-order valence-corrected chi connectivity index (χ3v) is 4.40. The smallest absolute Gasteiger partial charge is 0.400 e. The van der Waals surface area contributed by atoms with E-state index in [4.69, 9.17) is 8.85 Å². The minimum atomic E-state index is -6.21. The van der Waals surface area contributed by atoms with Crippen LogP contribution >= 0.6 is 0 Å². The number of unbranched alkanes of at least 4 members (excludes halogenated alkanes) is 4. The van der Waals surface area contributed by atoms with Crippen LogP contribution in [-0.4, -0.2) is 41.5 Å². The highest BCUT2D eigenvalue weighted by atomic mass is 28.3. The molecule has 0 rings (SSSR count). The third kappa shape index (κ3) is 9.51. The van der Waals surface area contributed by atoms with Crippen molar-refractivity contribution >= 4 is 9.28 Å². The van der Waals surface area contributed by atoms with Crippen molar-refractivity contribution in [2.45, 2.75) is 70.0 Å². The quantitative estimate of drug-likeness (QED) is 0.309. The molecular formula is C13H25F7O2Si. The summed E-state index contributed by atoms with van der Waals surface area (Å²) >= 11 is 0. The summed E-state index contributed by atoms with van der Waals surface area (Å²) in [7, 11) is 2.17. The van der Waals surface area contributed by atoms with Crippen LogP contribution in [0.3, 0.4) is 0 Å². The summed E-state index contributed by atoms with van der Waals surface area (Å²) < 4.78 is 95.1. The van der Waals surface area contributed by atoms with Gasteiger partial charge in [0.2, 0.25) is 0 Å². The lowest BCUT2D eigenvalue weighted by Crippen LogP contribution is -2.51. The van der Waals surface area contributed by atoms with Crippen molar-refractivity contribution in [3.8, 4) is 0 Å². The van der Waals surface area contributed by atoms with Crippen molar-refractivity contribution in [2.75, 3.05) is 14.2 Å². The topological polar surface area (TPSA) is 18.5 Å². The monoisotopic (exact) mass is 374 g/mol. The van der Waals surface area contributed by atoms with Crippen LogP contribution in [0.4, 0.5) is 30.7 Å². The highest BCUT2D eigenvalue weighted by molar-refractivity contribution is 6.42. The fourth-order valence-corrected chi connectivity index (χ4v) is 1.60. The lowest BCUT2D eigenvalue weighted by Gasteiger charge is -2.28. The molecule has 0 spiro atoms. The van der Waals surface area contributed by atoms with Crippen LogP contribution in [0, 0.1) is 0 Å². The second-order valence-electron chi connectivity index (χ2n) is 4.98. The van der Waals surface area contributed by atoms with Crippen molar-refractivity contribution in [1.29, 1.82) is 0 Å². The largest absolute Gasteiger partial charge is 0.459 e. The molecule has 142 valence electrons. The van der Waals surface area contributed by atoms with E-state index in [1.165, 1.54) is 0 Å². The molecule has 0 saturated heterocycles. The van der Waals surface area contributed by atoms with Gasteiger partial charge >= 0.3 is 27.3 Å². The van der Waals surface area contributed by atoms with Crippen LogP contribution in [-0.2, 0) is 8.85 Å². The number of halogens is 7. The van der Waals surface area contributed by atoms with Gasteiger partial charge in [0.1, 0.15) is 0 Å². The first-order valence-corrected chi connectivity index (χ1v) is 9.35. The molecule has 0 unspecified atom stereocenters. The van der Waals surface area contributed by atoms with Crippen molar-refractivity contribution in [3.05, 3.63) is 0 Å². The van der Waals surface area contributed by atoms with Crippen molar-refractivity contribution in [2.24, 2.45) is 0 Å².